The molecule has 7 nitrogen and oxygen atoms in total. The number of aliphatic hydroxyl groups is 1. The number of amides is 1. The van der Waals surface area contributed by atoms with Crippen molar-refractivity contribution in [1.29, 1.82) is 0 Å². The van der Waals surface area contributed by atoms with Crippen LogP contribution in [0.1, 0.15) is 29.7 Å². The number of Topliss-reactive ketones (excluding diaryl/α,β-unsaturated/α-hetero) is 1. The highest BCUT2D eigenvalue weighted by Crippen LogP contribution is 2.40. The Hall–Kier alpha value is -3.32. The predicted molar refractivity (Wildman–Crippen MR) is 114 cm³/mol. The van der Waals surface area contributed by atoms with Gasteiger partial charge in [-0.3, -0.25) is 9.59 Å². The summed E-state index contributed by atoms with van der Waals surface area (Å²) in [5.41, 5.74) is 2.22. The molecule has 2 aromatic rings. The molecule has 0 saturated carbocycles. The minimum absolute atomic E-state index is 0.0614. The van der Waals surface area contributed by atoms with Gasteiger partial charge in [0.15, 0.2) is 0 Å². The fourth-order valence-electron chi connectivity index (χ4n) is 4.16. The molecule has 0 radical (unpaired) electrons. The second-order valence-corrected chi connectivity index (χ2v) is 7.71. The maximum atomic E-state index is 13.0. The summed E-state index contributed by atoms with van der Waals surface area (Å²) < 4.78 is 16.1. The van der Waals surface area contributed by atoms with Crippen LogP contribution in [0.5, 0.6) is 11.5 Å². The van der Waals surface area contributed by atoms with Gasteiger partial charge < -0.3 is 24.2 Å². The van der Waals surface area contributed by atoms with Crippen molar-refractivity contribution in [3.8, 4) is 11.5 Å². The Bertz CT molecular complexity index is 1040. The van der Waals surface area contributed by atoms with Crippen molar-refractivity contribution in [2.45, 2.75) is 25.5 Å². The number of aliphatic hydroxyl groups excluding tert-OH is 1. The average Bonchev–Trinajstić information content (AvgIpc) is 3.27. The van der Waals surface area contributed by atoms with Crippen molar-refractivity contribution >= 4 is 17.4 Å². The Morgan fingerprint density at radius 2 is 1.90 bits per heavy atom. The van der Waals surface area contributed by atoms with Gasteiger partial charge in [-0.25, -0.2) is 0 Å². The van der Waals surface area contributed by atoms with Gasteiger partial charge in [-0.15, -0.1) is 0 Å². The lowest BCUT2D eigenvalue weighted by molar-refractivity contribution is -0.140. The molecule has 0 unspecified atom stereocenters. The van der Waals surface area contributed by atoms with Gasteiger partial charge in [-0.05, 0) is 48.4 Å². The van der Waals surface area contributed by atoms with Crippen molar-refractivity contribution in [1.82, 2.24) is 4.90 Å². The van der Waals surface area contributed by atoms with Gasteiger partial charge in [0.1, 0.15) is 23.4 Å². The molecule has 1 saturated heterocycles. The van der Waals surface area contributed by atoms with E-state index in [1.54, 1.807) is 43.5 Å². The summed E-state index contributed by atoms with van der Waals surface area (Å²) in [6, 6.07) is 11.7. The number of likely N-dealkylation sites (tertiary alicyclic amines) is 1. The molecule has 7 heteroatoms. The third kappa shape index (κ3) is 3.77. The van der Waals surface area contributed by atoms with Gasteiger partial charge in [0, 0.05) is 25.6 Å². The van der Waals surface area contributed by atoms with Crippen molar-refractivity contribution in [2.75, 3.05) is 27.4 Å². The molecule has 4 rings (SSSR count). The molecule has 2 atom stereocenters. The van der Waals surface area contributed by atoms with Crippen molar-refractivity contribution in [2.24, 2.45) is 0 Å². The number of fused-ring (bicyclic) bond motifs is 1. The molecule has 0 aromatic heterocycles. The van der Waals surface area contributed by atoms with Crippen molar-refractivity contribution in [3.63, 3.8) is 0 Å². The Labute approximate surface area is 180 Å². The van der Waals surface area contributed by atoms with E-state index in [4.69, 9.17) is 14.2 Å². The number of nitrogens with zero attached hydrogens (tertiary/aromatic N) is 1. The quantitative estimate of drug-likeness (QED) is 0.437. The number of rotatable bonds is 6. The molecule has 2 heterocycles. The van der Waals surface area contributed by atoms with E-state index in [2.05, 4.69) is 0 Å². The Morgan fingerprint density at radius 1 is 1.16 bits per heavy atom. The van der Waals surface area contributed by atoms with Crippen LogP contribution in [0, 0.1) is 0 Å². The molecule has 1 N–H and O–H groups in total. The van der Waals surface area contributed by atoms with E-state index in [1.807, 2.05) is 13.0 Å². The van der Waals surface area contributed by atoms with E-state index in [0.717, 1.165) is 17.7 Å². The second-order valence-electron chi connectivity index (χ2n) is 7.71. The highest BCUT2D eigenvalue weighted by atomic mass is 16.5. The van der Waals surface area contributed by atoms with Crippen LogP contribution < -0.4 is 9.47 Å². The predicted octanol–water partition coefficient (Wildman–Crippen LogP) is 3.09. The lowest BCUT2D eigenvalue weighted by atomic mass is 9.94. The maximum Gasteiger partial charge on any atom is 0.295 e. The Balaban J connectivity index is 1.81. The van der Waals surface area contributed by atoms with E-state index in [1.165, 1.54) is 12.0 Å². The number of carbonyl (C=O) groups is 2. The summed E-state index contributed by atoms with van der Waals surface area (Å²) in [5, 5.41) is 11.2. The smallest absolute Gasteiger partial charge is 0.295 e. The molecule has 2 aliphatic heterocycles. The fraction of sp³-hybridized carbons (Fsp3) is 0.333. The summed E-state index contributed by atoms with van der Waals surface area (Å²) in [4.78, 5) is 27.3. The summed E-state index contributed by atoms with van der Waals surface area (Å²) in [6.45, 7) is 2.47. The van der Waals surface area contributed by atoms with Crippen LogP contribution in [0.15, 0.2) is 48.0 Å². The van der Waals surface area contributed by atoms with E-state index >= 15 is 0 Å². The first-order chi connectivity index (χ1) is 14.9. The summed E-state index contributed by atoms with van der Waals surface area (Å²) >= 11 is 0. The SMILES string of the molecule is COCCN1C(=O)C(=O)C(=C(O)c2ccc3c(c2)C[C@@H](C)O3)[C@H]1c1ccc(OC)cc1. The van der Waals surface area contributed by atoms with Gasteiger partial charge >= 0.3 is 0 Å². The van der Waals surface area contributed by atoms with Gasteiger partial charge in [-0.1, -0.05) is 12.1 Å². The number of hydrogen-bond donors (Lipinski definition) is 1. The molecular formula is C24H25NO6. The van der Waals surface area contributed by atoms with Crippen LogP contribution in [0.3, 0.4) is 0 Å². The zero-order valence-electron chi connectivity index (χ0n) is 17.8. The number of methoxy groups -OCH3 is 2. The van der Waals surface area contributed by atoms with Crippen LogP contribution in [-0.2, 0) is 20.7 Å². The topological polar surface area (TPSA) is 85.3 Å². The molecule has 1 amide bonds. The molecular weight excluding hydrogens is 398 g/mol. The lowest BCUT2D eigenvalue weighted by Gasteiger charge is -2.25. The number of ketones is 1. The highest BCUT2D eigenvalue weighted by molar-refractivity contribution is 6.46. The first-order valence-electron chi connectivity index (χ1n) is 10.2. The van der Waals surface area contributed by atoms with E-state index < -0.39 is 17.7 Å². The summed E-state index contributed by atoms with van der Waals surface area (Å²) in [5.74, 6) is -0.125. The van der Waals surface area contributed by atoms with Crippen LogP contribution in [-0.4, -0.2) is 55.2 Å². The minimum Gasteiger partial charge on any atom is -0.507 e. The van der Waals surface area contributed by atoms with Gasteiger partial charge in [-0.2, -0.15) is 0 Å². The van der Waals surface area contributed by atoms with Gasteiger partial charge in [0.25, 0.3) is 11.7 Å². The Morgan fingerprint density at radius 3 is 2.58 bits per heavy atom. The first kappa shape index (κ1) is 20.9. The number of hydrogen-bond acceptors (Lipinski definition) is 6. The molecule has 2 aliphatic rings. The van der Waals surface area contributed by atoms with Crippen LogP contribution in [0.4, 0.5) is 0 Å². The van der Waals surface area contributed by atoms with E-state index in [0.29, 0.717) is 16.9 Å². The van der Waals surface area contributed by atoms with Crippen LogP contribution in [0.2, 0.25) is 0 Å². The summed E-state index contributed by atoms with van der Waals surface area (Å²) in [7, 11) is 3.10. The Kier molecular flexibility index (Phi) is 5.69. The van der Waals surface area contributed by atoms with E-state index in [-0.39, 0.29) is 30.6 Å². The molecule has 31 heavy (non-hydrogen) atoms. The first-order valence-corrected chi connectivity index (χ1v) is 10.2. The average molecular weight is 423 g/mol. The number of carbonyl (C=O) groups excluding carboxylic acids is 2. The lowest BCUT2D eigenvalue weighted by Crippen LogP contribution is -2.32. The molecule has 1 fully saturated rings. The van der Waals surface area contributed by atoms with Crippen LogP contribution >= 0.6 is 0 Å². The fourth-order valence-corrected chi connectivity index (χ4v) is 4.16. The monoisotopic (exact) mass is 423 g/mol. The zero-order chi connectivity index (χ0) is 22.1. The third-order valence-corrected chi connectivity index (χ3v) is 5.68. The maximum absolute atomic E-state index is 13.0. The van der Waals surface area contributed by atoms with Crippen molar-refractivity contribution in [3.05, 3.63) is 64.7 Å². The highest BCUT2D eigenvalue weighted by Gasteiger charge is 2.46. The minimum atomic E-state index is -0.718. The molecule has 2 aromatic carbocycles. The molecule has 162 valence electrons. The third-order valence-electron chi connectivity index (χ3n) is 5.68. The zero-order valence-corrected chi connectivity index (χ0v) is 17.8. The van der Waals surface area contributed by atoms with E-state index in [9.17, 15) is 14.7 Å². The number of benzene rings is 2. The van der Waals surface area contributed by atoms with Gasteiger partial charge in [0.2, 0.25) is 0 Å². The largest absolute Gasteiger partial charge is 0.507 e. The molecule has 0 bridgehead atoms. The molecule has 0 aliphatic carbocycles. The standard InChI is InChI=1S/C24H25NO6/c1-14-12-17-13-16(6-9-19(17)31-14)22(26)20-21(15-4-7-18(30-3)8-5-15)25(10-11-29-2)24(28)23(20)27/h4-9,13-14,21,26H,10-12H2,1-3H3/t14-,21-/m1/s1. The normalized spacial score (nSPS) is 21.8. The summed E-state index contributed by atoms with van der Waals surface area (Å²) in [6.07, 6.45) is 0.784. The number of ether oxygens (including phenoxy) is 3. The van der Waals surface area contributed by atoms with Crippen LogP contribution in [0.25, 0.3) is 5.76 Å². The molecule has 0 spiro atoms. The van der Waals surface area contributed by atoms with Gasteiger partial charge in [0.05, 0.1) is 25.3 Å². The second kappa shape index (κ2) is 8.43. The van der Waals surface area contributed by atoms with Crippen molar-refractivity contribution < 1.29 is 28.9 Å².